The van der Waals surface area contributed by atoms with E-state index in [9.17, 15) is 24.9 Å². The number of hydrogen-bond donors (Lipinski definition) is 4. The van der Waals surface area contributed by atoms with Gasteiger partial charge in [0.05, 0.1) is 0 Å². The molecule has 0 radical (unpaired) electrons. The second-order valence-electron chi connectivity index (χ2n) is 8.80. The Morgan fingerprint density at radius 1 is 0.947 bits per heavy atom. The number of nitrogens with one attached hydrogen (secondary N) is 1. The van der Waals surface area contributed by atoms with Gasteiger partial charge in [0, 0.05) is 27.1 Å². The van der Waals surface area contributed by atoms with Gasteiger partial charge in [0.2, 0.25) is 0 Å². The molecule has 0 fully saturated rings. The van der Waals surface area contributed by atoms with Crippen LogP contribution in [0.1, 0.15) is 12.5 Å². The number of aliphatic hydroxyl groups is 1. The molecule has 2 atom stereocenters. The highest BCUT2D eigenvalue weighted by Gasteiger charge is 2.58. The summed E-state index contributed by atoms with van der Waals surface area (Å²) in [5, 5.41) is 32.8. The molecule has 9 nitrogen and oxygen atoms in total. The lowest BCUT2D eigenvalue weighted by Gasteiger charge is -2.20. The molecular weight excluding hydrogens is 626 g/mol. The van der Waals surface area contributed by atoms with Crippen molar-refractivity contribution in [2.45, 2.75) is 31.3 Å². The van der Waals surface area contributed by atoms with E-state index in [-0.39, 0.29) is 30.7 Å². The first-order chi connectivity index (χ1) is 18.1. The SMILES string of the molecule is CC(Cc1ccc2c(c1-c1ccc(Br)cc1)OC(C(=O)O)(C(=O)O)O2)NCC(O)COc1ccc(Br)cc1. The number of carboxylic acid groups (broad SMARTS) is 2. The molecule has 11 heteroatoms. The molecular formula is C27H25Br2NO8. The largest absolute Gasteiger partial charge is 0.491 e. The van der Waals surface area contributed by atoms with Gasteiger partial charge in [-0.25, -0.2) is 9.59 Å². The highest BCUT2D eigenvalue weighted by molar-refractivity contribution is 9.10. The Hall–Kier alpha value is -3.12. The second kappa shape index (κ2) is 11.7. The van der Waals surface area contributed by atoms with Crippen LogP contribution in [0.15, 0.2) is 69.6 Å². The smallest absolute Gasteiger partial charge is 0.453 e. The van der Waals surface area contributed by atoms with E-state index in [1.807, 2.05) is 43.3 Å². The van der Waals surface area contributed by atoms with Crippen molar-refractivity contribution in [2.75, 3.05) is 13.2 Å². The minimum absolute atomic E-state index is 0.0255. The average molecular weight is 651 g/mol. The molecule has 38 heavy (non-hydrogen) atoms. The van der Waals surface area contributed by atoms with Gasteiger partial charge in [-0.15, -0.1) is 0 Å². The summed E-state index contributed by atoms with van der Waals surface area (Å²) in [4.78, 5) is 23.6. The molecule has 0 aromatic heterocycles. The molecule has 1 aliphatic heterocycles. The van der Waals surface area contributed by atoms with Crippen LogP contribution in [0.25, 0.3) is 11.1 Å². The Balaban J connectivity index is 1.51. The predicted octanol–water partition coefficient (Wildman–Crippen LogP) is 4.48. The maximum atomic E-state index is 11.8. The van der Waals surface area contributed by atoms with Gasteiger partial charge in [-0.3, -0.25) is 0 Å². The number of aliphatic hydroxyl groups excluding tert-OH is 1. The summed E-state index contributed by atoms with van der Waals surface area (Å²) in [6.07, 6.45) is -0.286. The zero-order chi connectivity index (χ0) is 27.4. The van der Waals surface area contributed by atoms with Crippen molar-refractivity contribution in [3.63, 3.8) is 0 Å². The summed E-state index contributed by atoms with van der Waals surface area (Å²) >= 11 is 6.77. The first-order valence-electron chi connectivity index (χ1n) is 11.7. The van der Waals surface area contributed by atoms with Gasteiger partial charge in [-0.05, 0) is 66.9 Å². The van der Waals surface area contributed by atoms with Gasteiger partial charge >= 0.3 is 17.7 Å². The van der Waals surface area contributed by atoms with Crippen LogP contribution >= 0.6 is 31.9 Å². The fourth-order valence-corrected chi connectivity index (χ4v) is 4.52. The molecule has 0 amide bonds. The fourth-order valence-electron chi connectivity index (χ4n) is 4.00. The summed E-state index contributed by atoms with van der Waals surface area (Å²) in [7, 11) is 0. The van der Waals surface area contributed by atoms with Crippen LogP contribution in [-0.4, -0.2) is 58.3 Å². The number of rotatable bonds is 11. The lowest BCUT2D eigenvalue weighted by Crippen LogP contribution is -2.54. The number of aliphatic carboxylic acids is 2. The minimum Gasteiger partial charge on any atom is -0.491 e. The minimum atomic E-state index is -2.87. The second-order valence-corrected chi connectivity index (χ2v) is 10.6. The maximum Gasteiger partial charge on any atom is 0.453 e. The Labute approximate surface area is 235 Å². The van der Waals surface area contributed by atoms with Gasteiger partial charge in [0.15, 0.2) is 11.5 Å². The van der Waals surface area contributed by atoms with E-state index < -0.39 is 23.8 Å². The van der Waals surface area contributed by atoms with Crippen molar-refractivity contribution in [3.8, 4) is 28.4 Å². The summed E-state index contributed by atoms with van der Waals surface area (Å²) in [6.45, 7) is 2.33. The molecule has 2 unspecified atom stereocenters. The van der Waals surface area contributed by atoms with Crippen molar-refractivity contribution in [1.82, 2.24) is 5.32 Å². The van der Waals surface area contributed by atoms with Crippen molar-refractivity contribution in [3.05, 3.63) is 75.2 Å². The molecule has 0 saturated heterocycles. The maximum absolute atomic E-state index is 11.8. The van der Waals surface area contributed by atoms with Gasteiger partial charge in [-0.1, -0.05) is 50.1 Å². The number of ether oxygens (including phenoxy) is 3. The molecule has 0 saturated carbocycles. The van der Waals surface area contributed by atoms with E-state index in [4.69, 9.17) is 14.2 Å². The number of fused-ring (bicyclic) bond motifs is 1. The average Bonchev–Trinajstić information content (AvgIpc) is 3.29. The first kappa shape index (κ1) is 27.9. The number of hydrogen-bond acceptors (Lipinski definition) is 7. The molecule has 0 spiro atoms. The molecule has 1 aliphatic rings. The van der Waals surface area contributed by atoms with Crippen molar-refractivity contribution < 1.29 is 39.1 Å². The topological polar surface area (TPSA) is 135 Å². The van der Waals surface area contributed by atoms with Gasteiger partial charge in [-0.2, -0.15) is 0 Å². The van der Waals surface area contributed by atoms with E-state index in [0.717, 1.165) is 14.5 Å². The van der Waals surface area contributed by atoms with E-state index in [2.05, 4.69) is 37.2 Å². The third-order valence-electron chi connectivity index (χ3n) is 5.89. The molecule has 1 heterocycles. The van der Waals surface area contributed by atoms with Gasteiger partial charge in [0.25, 0.3) is 0 Å². The number of benzene rings is 3. The Kier molecular flexibility index (Phi) is 8.61. The predicted molar refractivity (Wildman–Crippen MR) is 146 cm³/mol. The van der Waals surface area contributed by atoms with E-state index in [0.29, 0.717) is 23.3 Å². The van der Waals surface area contributed by atoms with E-state index in [1.165, 1.54) is 6.07 Å². The van der Waals surface area contributed by atoms with Crippen LogP contribution in [0.5, 0.6) is 17.2 Å². The summed E-state index contributed by atoms with van der Waals surface area (Å²) in [6, 6.07) is 17.7. The Morgan fingerprint density at radius 2 is 1.55 bits per heavy atom. The lowest BCUT2D eigenvalue weighted by molar-refractivity contribution is -0.194. The monoisotopic (exact) mass is 649 g/mol. The van der Waals surface area contributed by atoms with Crippen LogP contribution in [0, 0.1) is 0 Å². The van der Waals surface area contributed by atoms with Crippen LogP contribution in [-0.2, 0) is 16.0 Å². The summed E-state index contributed by atoms with van der Waals surface area (Å²) in [5.41, 5.74) is 2.01. The molecule has 4 N–H and O–H groups in total. The highest BCUT2D eigenvalue weighted by Crippen LogP contribution is 2.48. The van der Waals surface area contributed by atoms with Crippen molar-refractivity contribution in [1.29, 1.82) is 0 Å². The van der Waals surface area contributed by atoms with Gasteiger partial charge in [0.1, 0.15) is 18.5 Å². The quantitative estimate of drug-likeness (QED) is 0.222. The molecule has 0 bridgehead atoms. The van der Waals surface area contributed by atoms with Crippen LogP contribution in [0.2, 0.25) is 0 Å². The standard InChI is InChI=1S/C27H25Br2NO8/c1-15(30-13-20(31)14-36-21-9-7-19(29)8-10-21)12-17-4-11-22-24(23(17)16-2-5-18(28)6-3-16)38-27(37-22,25(32)33)26(34)35/h2-11,15,20,30-31H,12-14H2,1H3,(H,32,33)(H,34,35). The zero-order valence-electron chi connectivity index (χ0n) is 20.2. The molecule has 3 aromatic carbocycles. The number of halogens is 2. The lowest BCUT2D eigenvalue weighted by atomic mass is 9.94. The van der Waals surface area contributed by atoms with Crippen molar-refractivity contribution in [2.24, 2.45) is 0 Å². The highest BCUT2D eigenvalue weighted by atomic mass is 79.9. The van der Waals surface area contributed by atoms with Crippen LogP contribution in [0.4, 0.5) is 0 Å². The normalized spacial score (nSPS) is 15.1. The Bertz CT molecular complexity index is 1300. The third-order valence-corrected chi connectivity index (χ3v) is 6.94. The number of carboxylic acids is 2. The molecule has 0 aliphatic carbocycles. The van der Waals surface area contributed by atoms with E-state index >= 15 is 0 Å². The molecule has 3 aromatic rings. The van der Waals surface area contributed by atoms with Crippen LogP contribution in [0.3, 0.4) is 0 Å². The summed E-state index contributed by atoms with van der Waals surface area (Å²) < 4.78 is 18.2. The molecule has 4 rings (SSSR count). The third kappa shape index (κ3) is 6.12. The zero-order valence-corrected chi connectivity index (χ0v) is 23.4. The van der Waals surface area contributed by atoms with Crippen molar-refractivity contribution >= 4 is 43.8 Å². The summed E-state index contributed by atoms with van der Waals surface area (Å²) in [5.74, 6) is -5.67. The Morgan fingerprint density at radius 3 is 2.16 bits per heavy atom. The van der Waals surface area contributed by atoms with Gasteiger partial charge < -0.3 is 34.8 Å². The number of carbonyl (C=O) groups is 2. The first-order valence-corrected chi connectivity index (χ1v) is 13.2. The van der Waals surface area contributed by atoms with E-state index in [1.54, 1.807) is 18.2 Å². The molecule has 200 valence electrons. The fraction of sp³-hybridized carbons (Fsp3) is 0.259. The van der Waals surface area contributed by atoms with Crippen LogP contribution < -0.4 is 19.5 Å².